The quantitative estimate of drug-likeness (QED) is 0.298. The molecule has 0 saturated carbocycles. The van der Waals surface area contributed by atoms with Gasteiger partial charge in [-0.15, -0.1) is 0 Å². The third-order valence-corrected chi connectivity index (χ3v) is 8.29. The number of halogens is 2. The lowest BCUT2D eigenvalue weighted by molar-refractivity contribution is 0.0925. The molecule has 0 aliphatic carbocycles. The summed E-state index contributed by atoms with van der Waals surface area (Å²) >= 11 is 5.93. The van der Waals surface area contributed by atoms with E-state index in [1.54, 1.807) is 7.11 Å². The molecule has 3 atom stereocenters. The van der Waals surface area contributed by atoms with Crippen LogP contribution in [-0.2, 0) is 4.74 Å². The molecule has 37 heavy (non-hydrogen) atoms. The van der Waals surface area contributed by atoms with Crippen molar-refractivity contribution in [3.8, 4) is 0 Å². The minimum Gasteiger partial charge on any atom is -0.374 e. The highest BCUT2D eigenvalue weighted by Crippen LogP contribution is 2.69. The predicted molar refractivity (Wildman–Crippen MR) is 162 cm³/mol. The standard InChI is InChI=1S/C19H18ClFNO2P.C8H18.2C2H6/c1-12-3-5-13(6-4-12)17-11-25(17)18(24-2)10-22-19(23)15-8-7-14(21)9-16(15)20;1-4-6-7-8(3)5-2;2*1-2/h3-9,11,18H,10H2,1-2H3,(H,22,23);8H,4-7H2,1-3H3;2*1-2H3. The van der Waals surface area contributed by atoms with Gasteiger partial charge in [0.2, 0.25) is 0 Å². The van der Waals surface area contributed by atoms with Crippen LogP contribution in [0.1, 0.15) is 95.6 Å². The number of carbonyl (C=O) groups is 1. The summed E-state index contributed by atoms with van der Waals surface area (Å²) in [5.41, 5.74) is 2.68. The Hall–Kier alpha value is -1.74. The summed E-state index contributed by atoms with van der Waals surface area (Å²) in [6, 6.07) is 12.1. The van der Waals surface area contributed by atoms with E-state index in [-0.39, 0.29) is 22.3 Å². The van der Waals surface area contributed by atoms with Gasteiger partial charge in [0, 0.05) is 13.7 Å². The SMILES string of the molecule is CC.CC.CCCCC(C)CC.COC(CNC(=O)c1ccc(F)cc1Cl)P1C=C1c1ccc(C)cc1. The zero-order valence-electron chi connectivity index (χ0n) is 24.3. The number of aryl methyl sites for hydroxylation is 1. The summed E-state index contributed by atoms with van der Waals surface area (Å²) in [5.74, 6) is 2.26. The van der Waals surface area contributed by atoms with E-state index in [1.165, 1.54) is 54.3 Å². The van der Waals surface area contributed by atoms with Crippen LogP contribution in [0.5, 0.6) is 0 Å². The lowest BCUT2D eigenvalue weighted by atomic mass is 10.0. The molecule has 2 aromatic carbocycles. The number of hydrogen-bond donors (Lipinski definition) is 1. The molecule has 1 aliphatic rings. The van der Waals surface area contributed by atoms with Gasteiger partial charge in [-0.05, 0) is 55.7 Å². The molecule has 0 fully saturated rings. The van der Waals surface area contributed by atoms with Gasteiger partial charge in [-0.25, -0.2) is 4.39 Å². The number of unbranched alkanes of at least 4 members (excludes halogenated alkanes) is 1. The Bertz CT molecular complexity index is 933. The Kier molecular flexibility index (Phi) is 19.3. The number of ether oxygens (including phenoxy) is 1. The van der Waals surface area contributed by atoms with Crippen LogP contribution in [0.15, 0.2) is 48.3 Å². The smallest absolute Gasteiger partial charge is 0.252 e. The van der Waals surface area contributed by atoms with Crippen molar-refractivity contribution in [1.82, 2.24) is 5.32 Å². The maximum absolute atomic E-state index is 13.1. The molecule has 6 heteroatoms. The molecular formula is C31H48ClFNO2P. The maximum atomic E-state index is 13.1. The highest BCUT2D eigenvalue weighted by molar-refractivity contribution is 7.80. The topological polar surface area (TPSA) is 38.3 Å². The number of methoxy groups -OCH3 is 1. The molecule has 0 saturated heterocycles. The van der Waals surface area contributed by atoms with Gasteiger partial charge in [0.05, 0.1) is 10.6 Å². The van der Waals surface area contributed by atoms with Gasteiger partial charge >= 0.3 is 0 Å². The van der Waals surface area contributed by atoms with Crippen molar-refractivity contribution in [2.24, 2.45) is 5.92 Å². The third-order valence-electron chi connectivity index (χ3n) is 5.76. The van der Waals surface area contributed by atoms with Gasteiger partial charge in [-0.2, -0.15) is 0 Å². The van der Waals surface area contributed by atoms with Crippen molar-refractivity contribution in [2.75, 3.05) is 13.7 Å². The summed E-state index contributed by atoms with van der Waals surface area (Å²) < 4.78 is 18.6. The fourth-order valence-electron chi connectivity index (χ4n) is 3.29. The highest BCUT2D eigenvalue weighted by atomic mass is 35.5. The number of benzene rings is 2. The van der Waals surface area contributed by atoms with Crippen LogP contribution in [0.4, 0.5) is 4.39 Å². The minimum absolute atomic E-state index is 0.0884. The van der Waals surface area contributed by atoms with Crippen LogP contribution in [0.3, 0.4) is 0 Å². The van der Waals surface area contributed by atoms with Gasteiger partial charge in [-0.1, -0.05) is 116 Å². The fourth-order valence-corrected chi connectivity index (χ4v) is 5.54. The van der Waals surface area contributed by atoms with Crippen molar-refractivity contribution in [3.05, 3.63) is 75.8 Å². The van der Waals surface area contributed by atoms with Crippen LogP contribution >= 0.6 is 19.5 Å². The summed E-state index contributed by atoms with van der Waals surface area (Å²) in [6.07, 6.45) is 5.53. The minimum atomic E-state index is -0.514. The number of carbonyl (C=O) groups excluding carboxylic acids is 1. The molecule has 0 aromatic heterocycles. The van der Waals surface area contributed by atoms with E-state index in [9.17, 15) is 9.18 Å². The molecule has 0 radical (unpaired) electrons. The second kappa shape index (κ2) is 20.3. The fraction of sp³-hybridized carbons (Fsp3) is 0.516. The van der Waals surface area contributed by atoms with Gasteiger partial charge in [-0.3, -0.25) is 4.79 Å². The monoisotopic (exact) mass is 551 g/mol. The molecule has 1 N–H and O–H groups in total. The number of amides is 1. The van der Waals surface area contributed by atoms with E-state index in [4.69, 9.17) is 16.3 Å². The highest BCUT2D eigenvalue weighted by Gasteiger charge is 2.34. The zero-order valence-corrected chi connectivity index (χ0v) is 26.0. The first-order chi connectivity index (χ1) is 17.8. The zero-order chi connectivity index (χ0) is 28.4. The average molecular weight is 552 g/mol. The van der Waals surface area contributed by atoms with E-state index in [0.717, 1.165) is 12.0 Å². The number of hydrogen-bond acceptors (Lipinski definition) is 2. The van der Waals surface area contributed by atoms with Gasteiger partial charge in [0.15, 0.2) is 0 Å². The molecule has 1 aliphatic heterocycles. The largest absolute Gasteiger partial charge is 0.374 e. The molecule has 0 bridgehead atoms. The molecule has 208 valence electrons. The summed E-state index contributed by atoms with van der Waals surface area (Å²) in [5, 5.41) is 4.21. The molecule has 3 nitrogen and oxygen atoms in total. The first-order valence-electron chi connectivity index (χ1n) is 13.6. The molecule has 3 unspecified atom stereocenters. The molecule has 2 aromatic rings. The molecule has 1 heterocycles. The lowest BCUT2D eigenvalue weighted by Crippen LogP contribution is -2.31. The summed E-state index contributed by atoms with van der Waals surface area (Å²) in [4.78, 5) is 12.2. The molecule has 3 rings (SSSR count). The molecule has 1 amide bonds. The first kappa shape index (κ1) is 35.3. The second-order valence-corrected chi connectivity index (χ2v) is 11.0. The second-order valence-electron chi connectivity index (χ2n) is 8.47. The summed E-state index contributed by atoms with van der Waals surface area (Å²) in [6.45, 7) is 17.3. The predicted octanol–water partition coefficient (Wildman–Crippen LogP) is 10.3. The average Bonchev–Trinajstić information content (AvgIpc) is 3.71. The van der Waals surface area contributed by atoms with E-state index in [0.29, 0.717) is 6.54 Å². The normalized spacial score (nSPS) is 14.8. The van der Waals surface area contributed by atoms with E-state index >= 15 is 0 Å². The van der Waals surface area contributed by atoms with Crippen molar-refractivity contribution in [3.63, 3.8) is 0 Å². The Labute approximate surface area is 232 Å². The third kappa shape index (κ3) is 13.1. The van der Waals surface area contributed by atoms with Crippen LogP contribution in [-0.4, -0.2) is 25.4 Å². The molecule has 0 spiro atoms. The Morgan fingerprint density at radius 3 is 2.22 bits per heavy atom. The van der Waals surface area contributed by atoms with Crippen molar-refractivity contribution >= 4 is 30.7 Å². The number of rotatable bonds is 10. The first-order valence-corrected chi connectivity index (χ1v) is 15.5. The van der Waals surface area contributed by atoms with Gasteiger partial charge < -0.3 is 10.1 Å². The van der Waals surface area contributed by atoms with E-state index in [2.05, 4.69) is 63.1 Å². The van der Waals surface area contributed by atoms with E-state index in [1.807, 2.05) is 27.7 Å². The van der Waals surface area contributed by atoms with Crippen LogP contribution < -0.4 is 5.32 Å². The van der Waals surface area contributed by atoms with Crippen LogP contribution in [0.25, 0.3) is 5.31 Å². The van der Waals surface area contributed by atoms with Gasteiger partial charge in [0.25, 0.3) is 5.91 Å². The van der Waals surface area contributed by atoms with Crippen molar-refractivity contribution in [2.45, 2.75) is 86.9 Å². The summed E-state index contributed by atoms with van der Waals surface area (Å²) in [7, 11) is 1.13. The Morgan fingerprint density at radius 2 is 1.70 bits per heavy atom. The Balaban J connectivity index is 0.000000917. The van der Waals surface area contributed by atoms with Gasteiger partial charge in [0.1, 0.15) is 11.7 Å². The Morgan fingerprint density at radius 1 is 1.08 bits per heavy atom. The lowest BCUT2D eigenvalue weighted by Gasteiger charge is -2.17. The van der Waals surface area contributed by atoms with Crippen molar-refractivity contribution in [1.29, 1.82) is 0 Å². The van der Waals surface area contributed by atoms with Crippen molar-refractivity contribution < 1.29 is 13.9 Å². The van der Waals surface area contributed by atoms with Crippen LogP contribution in [0, 0.1) is 18.7 Å². The van der Waals surface area contributed by atoms with E-state index < -0.39 is 13.7 Å². The maximum Gasteiger partial charge on any atom is 0.252 e. The van der Waals surface area contributed by atoms with Crippen LogP contribution in [0.2, 0.25) is 5.02 Å². The number of nitrogens with one attached hydrogen (secondary N) is 1. The molecular weight excluding hydrogens is 504 g/mol.